The summed E-state index contributed by atoms with van der Waals surface area (Å²) in [7, 11) is -4.21. The highest BCUT2D eigenvalue weighted by molar-refractivity contribution is 7.92. The first-order valence-electron chi connectivity index (χ1n) is 15.5. The molecule has 4 rings (SSSR count). The van der Waals surface area contributed by atoms with Crippen LogP contribution in [0.2, 0.25) is 5.02 Å². The van der Waals surface area contributed by atoms with E-state index in [2.05, 4.69) is 5.32 Å². The van der Waals surface area contributed by atoms with Gasteiger partial charge in [-0.05, 0) is 68.1 Å². The van der Waals surface area contributed by atoms with Gasteiger partial charge in [0.2, 0.25) is 11.8 Å². The third-order valence-corrected chi connectivity index (χ3v) is 10.1. The Morgan fingerprint density at radius 1 is 0.826 bits per heavy atom. The van der Waals surface area contributed by atoms with Crippen LogP contribution in [0.25, 0.3) is 0 Å². The summed E-state index contributed by atoms with van der Waals surface area (Å²) in [5, 5.41) is 3.39. The summed E-state index contributed by atoms with van der Waals surface area (Å²) in [6, 6.07) is 27.9. The molecule has 1 atom stereocenters. The number of nitrogens with one attached hydrogen (secondary N) is 1. The van der Waals surface area contributed by atoms with Crippen LogP contribution in [0.3, 0.4) is 0 Å². The van der Waals surface area contributed by atoms with E-state index in [0.29, 0.717) is 22.8 Å². The molecule has 46 heavy (non-hydrogen) atoms. The number of benzene rings is 4. The van der Waals surface area contributed by atoms with Crippen molar-refractivity contribution in [2.45, 2.75) is 64.4 Å². The van der Waals surface area contributed by atoms with E-state index in [1.54, 1.807) is 37.3 Å². The molecule has 0 saturated carbocycles. The summed E-state index contributed by atoms with van der Waals surface area (Å²) in [6.07, 6.45) is 1.96. The van der Waals surface area contributed by atoms with Crippen molar-refractivity contribution in [2.75, 3.05) is 17.4 Å². The maximum absolute atomic E-state index is 14.6. The SMILES string of the molecule is CCCCNC(=O)[C@@H](Cc1ccccc1)N(Cc1cccc(C)c1)C(=O)CN(c1cccc(Cl)c1C)S(=O)(=O)c1ccc(C)cc1. The molecule has 0 aromatic heterocycles. The number of hydrogen-bond acceptors (Lipinski definition) is 4. The second-order valence-electron chi connectivity index (χ2n) is 11.6. The molecule has 0 saturated heterocycles. The average molecular weight is 660 g/mol. The van der Waals surface area contributed by atoms with Crippen LogP contribution in [-0.4, -0.2) is 44.3 Å². The molecule has 7 nitrogen and oxygen atoms in total. The highest BCUT2D eigenvalue weighted by Crippen LogP contribution is 2.31. The van der Waals surface area contributed by atoms with Gasteiger partial charge >= 0.3 is 0 Å². The highest BCUT2D eigenvalue weighted by Gasteiger charge is 2.35. The lowest BCUT2D eigenvalue weighted by Crippen LogP contribution is -2.53. The second kappa shape index (κ2) is 15.9. The molecule has 2 amide bonds. The Bertz CT molecular complexity index is 1740. The minimum absolute atomic E-state index is 0.0497. The van der Waals surface area contributed by atoms with Gasteiger partial charge in [-0.15, -0.1) is 0 Å². The van der Waals surface area contributed by atoms with E-state index in [0.717, 1.165) is 39.4 Å². The van der Waals surface area contributed by atoms with Gasteiger partial charge in [0.1, 0.15) is 12.6 Å². The summed E-state index contributed by atoms with van der Waals surface area (Å²) in [4.78, 5) is 30.1. The van der Waals surface area contributed by atoms with E-state index in [4.69, 9.17) is 11.6 Å². The lowest BCUT2D eigenvalue weighted by molar-refractivity contribution is -0.140. The van der Waals surface area contributed by atoms with Crippen LogP contribution in [0.4, 0.5) is 5.69 Å². The normalized spacial score (nSPS) is 11.9. The first kappa shape index (κ1) is 34.7. The van der Waals surface area contributed by atoms with E-state index in [-0.39, 0.29) is 23.8 Å². The van der Waals surface area contributed by atoms with Gasteiger partial charge in [-0.3, -0.25) is 13.9 Å². The van der Waals surface area contributed by atoms with Crippen LogP contribution >= 0.6 is 11.6 Å². The smallest absolute Gasteiger partial charge is 0.264 e. The third kappa shape index (κ3) is 8.77. The maximum Gasteiger partial charge on any atom is 0.264 e. The molecule has 0 aliphatic heterocycles. The lowest BCUT2D eigenvalue weighted by atomic mass is 10.0. The number of unbranched alkanes of at least 4 members (excludes halogenated alkanes) is 1. The highest BCUT2D eigenvalue weighted by atomic mass is 35.5. The minimum Gasteiger partial charge on any atom is -0.354 e. The van der Waals surface area contributed by atoms with Crippen molar-refractivity contribution in [3.63, 3.8) is 0 Å². The van der Waals surface area contributed by atoms with Gasteiger partial charge in [0.15, 0.2) is 0 Å². The number of nitrogens with zero attached hydrogens (tertiary/aromatic N) is 2. The summed E-state index contributed by atoms with van der Waals surface area (Å²) in [6.45, 7) is 7.67. The van der Waals surface area contributed by atoms with Crippen LogP contribution in [0.15, 0.2) is 102 Å². The van der Waals surface area contributed by atoms with E-state index >= 15 is 0 Å². The van der Waals surface area contributed by atoms with Crippen LogP contribution in [-0.2, 0) is 32.6 Å². The molecule has 9 heteroatoms. The zero-order valence-electron chi connectivity index (χ0n) is 26.9. The van der Waals surface area contributed by atoms with Crippen LogP contribution < -0.4 is 9.62 Å². The molecular weight excluding hydrogens is 618 g/mol. The Hall–Kier alpha value is -4.14. The Labute approximate surface area is 278 Å². The first-order chi connectivity index (χ1) is 22.0. The number of amides is 2. The van der Waals surface area contributed by atoms with Gasteiger partial charge in [0, 0.05) is 24.5 Å². The van der Waals surface area contributed by atoms with Crippen molar-refractivity contribution in [3.8, 4) is 0 Å². The molecule has 0 aliphatic carbocycles. The molecule has 0 spiro atoms. The molecule has 242 valence electrons. The van der Waals surface area contributed by atoms with Crippen LogP contribution in [0, 0.1) is 20.8 Å². The molecule has 0 radical (unpaired) electrons. The number of carbonyl (C=O) groups is 2. The Morgan fingerprint density at radius 2 is 1.50 bits per heavy atom. The molecule has 0 bridgehead atoms. The summed E-state index contributed by atoms with van der Waals surface area (Å²) in [5.74, 6) is -0.798. The summed E-state index contributed by atoms with van der Waals surface area (Å²) >= 11 is 6.47. The fourth-order valence-corrected chi connectivity index (χ4v) is 6.93. The monoisotopic (exact) mass is 659 g/mol. The molecule has 0 unspecified atom stereocenters. The lowest BCUT2D eigenvalue weighted by Gasteiger charge is -2.34. The summed E-state index contributed by atoms with van der Waals surface area (Å²) in [5.41, 5.74) is 4.45. The van der Waals surface area contributed by atoms with Gasteiger partial charge in [0.25, 0.3) is 10.0 Å². The van der Waals surface area contributed by atoms with Gasteiger partial charge in [-0.25, -0.2) is 8.42 Å². The fraction of sp³-hybridized carbons (Fsp3) is 0.297. The average Bonchev–Trinajstić information content (AvgIpc) is 3.03. The van der Waals surface area contributed by atoms with Crippen LogP contribution in [0.1, 0.15) is 47.6 Å². The standard InChI is InChI=1S/C37H42ClN3O4S/c1-5-6-22-39-37(43)35(24-30-13-8-7-9-14-30)40(25-31-15-10-12-28(3)23-31)36(42)26-41(34-17-11-16-33(38)29(34)4)46(44,45)32-20-18-27(2)19-21-32/h7-21,23,35H,5-6,22,24-26H2,1-4H3,(H,39,43)/t35-/m1/s1. The van der Waals surface area contributed by atoms with E-state index < -0.39 is 28.5 Å². The van der Waals surface area contributed by atoms with Crippen molar-refractivity contribution >= 4 is 39.1 Å². The number of halogens is 1. The molecule has 0 heterocycles. The first-order valence-corrected chi connectivity index (χ1v) is 17.3. The predicted molar refractivity (Wildman–Crippen MR) is 185 cm³/mol. The molecule has 0 fully saturated rings. The van der Waals surface area contributed by atoms with Crippen molar-refractivity contribution in [3.05, 3.63) is 130 Å². The quantitative estimate of drug-likeness (QED) is 0.148. The molecule has 4 aromatic rings. The van der Waals surface area contributed by atoms with E-state index in [1.165, 1.54) is 17.0 Å². The number of aryl methyl sites for hydroxylation is 2. The summed E-state index contributed by atoms with van der Waals surface area (Å²) < 4.78 is 29.7. The van der Waals surface area contributed by atoms with Gasteiger partial charge < -0.3 is 10.2 Å². The van der Waals surface area contributed by atoms with E-state index in [1.807, 2.05) is 75.4 Å². The molecule has 1 N–H and O–H groups in total. The van der Waals surface area contributed by atoms with Crippen molar-refractivity contribution in [2.24, 2.45) is 0 Å². The van der Waals surface area contributed by atoms with Crippen molar-refractivity contribution in [1.29, 1.82) is 0 Å². The largest absolute Gasteiger partial charge is 0.354 e. The number of anilines is 1. The topological polar surface area (TPSA) is 86.8 Å². The van der Waals surface area contributed by atoms with Crippen molar-refractivity contribution in [1.82, 2.24) is 10.2 Å². The zero-order valence-corrected chi connectivity index (χ0v) is 28.4. The fourth-order valence-electron chi connectivity index (χ4n) is 5.28. The zero-order chi connectivity index (χ0) is 33.3. The number of hydrogen-bond donors (Lipinski definition) is 1. The van der Waals surface area contributed by atoms with E-state index in [9.17, 15) is 18.0 Å². The molecule has 4 aromatic carbocycles. The second-order valence-corrected chi connectivity index (χ2v) is 13.8. The Kier molecular flexibility index (Phi) is 12.0. The van der Waals surface area contributed by atoms with Gasteiger partial charge in [0.05, 0.1) is 10.6 Å². The van der Waals surface area contributed by atoms with Gasteiger partial charge in [-0.2, -0.15) is 0 Å². The minimum atomic E-state index is -4.21. The third-order valence-electron chi connectivity index (χ3n) is 7.93. The van der Waals surface area contributed by atoms with Gasteiger partial charge in [-0.1, -0.05) is 109 Å². The Morgan fingerprint density at radius 3 is 2.17 bits per heavy atom. The Balaban J connectivity index is 1.82. The van der Waals surface area contributed by atoms with Crippen LogP contribution in [0.5, 0.6) is 0 Å². The molecular formula is C37H42ClN3O4S. The number of sulfonamides is 1. The number of rotatable bonds is 14. The molecule has 0 aliphatic rings. The maximum atomic E-state index is 14.6. The van der Waals surface area contributed by atoms with Crippen molar-refractivity contribution < 1.29 is 18.0 Å². The number of carbonyl (C=O) groups excluding carboxylic acids is 2. The predicted octanol–water partition coefficient (Wildman–Crippen LogP) is 7.02.